The third-order valence-corrected chi connectivity index (χ3v) is 6.91. The highest BCUT2D eigenvalue weighted by Gasteiger charge is 2.20. The number of benzene rings is 2. The molecule has 0 radical (unpaired) electrons. The van der Waals surface area contributed by atoms with Crippen molar-refractivity contribution in [3.05, 3.63) is 60.7 Å². The van der Waals surface area contributed by atoms with Gasteiger partial charge in [-0.25, -0.2) is 0 Å². The lowest BCUT2D eigenvalue weighted by atomic mass is 10.2. The Morgan fingerprint density at radius 2 is 1.43 bits per heavy atom. The van der Waals surface area contributed by atoms with Gasteiger partial charge in [0, 0.05) is 18.4 Å². The summed E-state index contributed by atoms with van der Waals surface area (Å²) in [5.41, 5.74) is 2.66. The molecule has 0 spiro atoms. The average molecular weight is 339 g/mol. The van der Waals surface area contributed by atoms with Crippen LogP contribution in [0.25, 0.3) is 21.0 Å². The van der Waals surface area contributed by atoms with Crippen LogP contribution in [0.2, 0.25) is 0 Å². The zero-order valence-corrected chi connectivity index (χ0v) is 14.5. The summed E-state index contributed by atoms with van der Waals surface area (Å²) in [7, 11) is 1.31. The number of hydrogen-bond donors (Lipinski definition) is 0. The van der Waals surface area contributed by atoms with Crippen LogP contribution in [0.1, 0.15) is 0 Å². The smallest absolute Gasteiger partial charge is 0.105 e. The Morgan fingerprint density at radius 1 is 0.826 bits per heavy atom. The lowest BCUT2D eigenvalue weighted by Crippen LogP contribution is -2.35. The van der Waals surface area contributed by atoms with Crippen molar-refractivity contribution in [1.82, 2.24) is 0 Å². The molecule has 0 aliphatic carbocycles. The van der Waals surface area contributed by atoms with Gasteiger partial charge >= 0.3 is 0 Å². The molecule has 4 rings (SSSR count). The quantitative estimate of drug-likeness (QED) is 0.625. The van der Waals surface area contributed by atoms with Gasteiger partial charge in [-0.2, -0.15) is 0 Å². The van der Waals surface area contributed by atoms with Gasteiger partial charge in [0.2, 0.25) is 0 Å². The van der Waals surface area contributed by atoms with E-state index in [1.807, 2.05) is 11.3 Å². The molecule has 2 heterocycles. The Hall–Kier alpha value is -1.67. The SMILES string of the molecule is c1ccc(-c2pc(-c3ccccc3)c(N3CCOCC3)s2)cc1. The van der Waals surface area contributed by atoms with Crippen LogP contribution in [0, 0.1) is 0 Å². The maximum Gasteiger partial charge on any atom is 0.105 e. The van der Waals surface area contributed by atoms with E-state index in [9.17, 15) is 0 Å². The van der Waals surface area contributed by atoms with Gasteiger partial charge in [0.15, 0.2) is 0 Å². The molecule has 1 aromatic heterocycles. The van der Waals surface area contributed by atoms with Crippen molar-refractivity contribution in [2.24, 2.45) is 0 Å². The molecule has 1 aliphatic rings. The van der Waals surface area contributed by atoms with Crippen LogP contribution in [0.4, 0.5) is 5.00 Å². The third kappa shape index (κ3) is 3.18. The molecule has 3 aromatic rings. The van der Waals surface area contributed by atoms with E-state index in [0.29, 0.717) is 0 Å². The molecule has 116 valence electrons. The largest absolute Gasteiger partial charge is 0.378 e. The predicted octanol–water partition coefficient (Wildman–Crippen LogP) is 5.50. The van der Waals surface area contributed by atoms with E-state index in [1.54, 1.807) is 0 Å². The van der Waals surface area contributed by atoms with Crippen molar-refractivity contribution >= 4 is 24.5 Å². The molecule has 0 amide bonds. The molecular formula is C19H18NOPS. The molecule has 4 heteroatoms. The van der Waals surface area contributed by atoms with Crippen molar-refractivity contribution < 1.29 is 4.74 Å². The van der Waals surface area contributed by atoms with Gasteiger partial charge < -0.3 is 9.64 Å². The number of morpholine rings is 1. The minimum atomic E-state index is 0.823. The van der Waals surface area contributed by atoms with E-state index in [4.69, 9.17) is 4.74 Å². The molecule has 0 atom stereocenters. The van der Waals surface area contributed by atoms with E-state index < -0.39 is 0 Å². The number of hydrogen-bond acceptors (Lipinski definition) is 3. The average Bonchev–Trinajstić information content (AvgIpc) is 3.09. The maximum absolute atomic E-state index is 5.53. The highest BCUT2D eigenvalue weighted by molar-refractivity contribution is 7.51. The molecule has 1 aliphatic heterocycles. The molecule has 1 saturated heterocycles. The van der Waals surface area contributed by atoms with Crippen molar-refractivity contribution in [3.8, 4) is 21.0 Å². The Labute approximate surface area is 142 Å². The Bertz CT molecular complexity index is 767. The minimum absolute atomic E-state index is 0.823. The minimum Gasteiger partial charge on any atom is -0.378 e. The normalized spacial score (nSPS) is 15.2. The zero-order valence-electron chi connectivity index (χ0n) is 12.8. The topological polar surface area (TPSA) is 12.5 Å². The molecule has 2 aromatic carbocycles. The standard InChI is InChI=1S/C19H18NOPS/c1-3-7-15(8-4-1)17-18(20-11-13-21-14-12-20)23-19(22-17)16-9-5-2-6-10-16/h1-10H,11-14H2. The van der Waals surface area contributed by atoms with Crippen molar-refractivity contribution in [3.63, 3.8) is 0 Å². The van der Waals surface area contributed by atoms with Gasteiger partial charge in [0.25, 0.3) is 0 Å². The second kappa shape index (κ2) is 6.84. The predicted molar refractivity (Wildman–Crippen MR) is 101 cm³/mol. The lowest BCUT2D eigenvalue weighted by Gasteiger charge is -2.28. The fraction of sp³-hybridized carbons (Fsp3) is 0.211. The Balaban J connectivity index is 1.80. The van der Waals surface area contributed by atoms with Crippen LogP contribution < -0.4 is 4.90 Å². The molecule has 23 heavy (non-hydrogen) atoms. The molecular weight excluding hydrogens is 321 g/mol. The Morgan fingerprint density at radius 3 is 2.09 bits per heavy atom. The number of nitrogens with zero attached hydrogens (tertiary/aromatic N) is 1. The van der Waals surface area contributed by atoms with Crippen molar-refractivity contribution in [1.29, 1.82) is 0 Å². The first-order valence-electron chi connectivity index (χ1n) is 7.86. The van der Waals surface area contributed by atoms with E-state index in [0.717, 1.165) is 26.3 Å². The molecule has 2 nitrogen and oxygen atoms in total. The summed E-state index contributed by atoms with van der Waals surface area (Å²) >= 11 is 1.93. The first-order valence-corrected chi connectivity index (χ1v) is 9.57. The van der Waals surface area contributed by atoms with Gasteiger partial charge in [0.1, 0.15) is 5.00 Å². The first kappa shape index (κ1) is 14.9. The van der Waals surface area contributed by atoms with Gasteiger partial charge in [-0.3, -0.25) is 0 Å². The molecule has 0 saturated carbocycles. The fourth-order valence-electron chi connectivity index (χ4n) is 2.78. The summed E-state index contributed by atoms with van der Waals surface area (Å²) < 4.78 is 6.95. The molecule has 1 fully saturated rings. The molecule has 0 unspecified atom stereocenters. The van der Waals surface area contributed by atoms with E-state index in [2.05, 4.69) is 65.6 Å². The summed E-state index contributed by atoms with van der Waals surface area (Å²) in [6.07, 6.45) is 0. The van der Waals surface area contributed by atoms with Gasteiger partial charge in [-0.05, 0) is 19.3 Å². The zero-order chi connectivity index (χ0) is 15.5. The van der Waals surface area contributed by atoms with Crippen LogP contribution in [-0.4, -0.2) is 26.3 Å². The van der Waals surface area contributed by atoms with E-state index in [-0.39, 0.29) is 0 Å². The van der Waals surface area contributed by atoms with Crippen LogP contribution in [0.3, 0.4) is 0 Å². The van der Waals surface area contributed by atoms with Crippen LogP contribution in [0.5, 0.6) is 0 Å². The molecule has 0 N–H and O–H groups in total. The second-order valence-electron chi connectivity index (χ2n) is 5.50. The highest BCUT2D eigenvalue weighted by Crippen LogP contribution is 2.51. The van der Waals surface area contributed by atoms with Gasteiger partial charge in [-0.1, -0.05) is 60.7 Å². The molecule has 0 bridgehead atoms. The van der Waals surface area contributed by atoms with Crippen LogP contribution >= 0.6 is 19.5 Å². The lowest BCUT2D eigenvalue weighted by molar-refractivity contribution is 0.123. The van der Waals surface area contributed by atoms with E-state index >= 15 is 0 Å². The third-order valence-electron chi connectivity index (χ3n) is 3.98. The Kier molecular flexibility index (Phi) is 4.43. The monoisotopic (exact) mass is 339 g/mol. The second-order valence-corrected chi connectivity index (χ2v) is 7.92. The number of ether oxygens (including phenoxy) is 1. The van der Waals surface area contributed by atoms with Crippen molar-refractivity contribution in [2.45, 2.75) is 0 Å². The summed E-state index contributed by atoms with van der Waals surface area (Å²) in [5.74, 6) is 0. The highest BCUT2D eigenvalue weighted by atomic mass is 32.1. The number of anilines is 1. The maximum atomic E-state index is 5.53. The van der Waals surface area contributed by atoms with Crippen LogP contribution in [-0.2, 0) is 4.74 Å². The summed E-state index contributed by atoms with van der Waals surface area (Å²) in [6.45, 7) is 3.61. The van der Waals surface area contributed by atoms with Gasteiger partial charge in [-0.15, -0.1) is 11.3 Å². The van der Waals surface area contributed by atoms with Gasteiger partial charge in [0.05, 0.1) is 17.8 Å². The summed E-state index contributed by atoms with van der Waals surface area (Å²) in [4.78, 5) is 2.49. The fourth-order valence-corrected chi connectivity index (χ4v) is 5.73. The van der Waals surface area contributed by atoms with Crippen molar-refractivity contribution in [2.75, 3.05) is 31.2 Å². The summed E-state index contributed by atoms with van der Waals surface area (Å²) in [6, 6.07) is 21.5. The summed E-state index contributed by atoms with van der Waals surface area (Å²) in [5, 5.41) is 2.83. The number of rotatable bonds is 3. The van der Waals surface area contributed by atoms with E-state index in [1.165, 1.54) is 34.2 Å². The van der Waals surface area contributed by atoms with Crippen LogP contribution in [0.15, 0.2) is 60.7 Å². The first-order chi connectivity index (χ1) is 11.4.